The summed E-state index contributed by atoms with van der Waals surface area (Å²) in [7, 11) is 1.65. The number of likely N-dealkylation sites (N-methyl/N-ethyl adjacent to an activating group) is 1. The maximum atomic E-state index is 12.6. The average Bonchev–Trinajstić information content (AvgIpc) is 2.54. The van der Waals surface area contributed by atoms with E-state index in [0.29, 0.717) is 12.8 Å². The Morgan fingerprint density at radius 2 is 1.95 bits per heavy atom. The highest BCUT2D eigenvalue weighted by molar-refractivity contribution is 5.91. The molecule has 2 aromatic rings. The van der Waals surface area contributed by atoms with Gasteiger partial charge >= 0.3 is 0 Å². The monoisotopic (exact) mass is 283 g/mol. The second-order valence-electron chi connectivity index (χ2n) is 5.87. The summed E-state index contributed by atoms with van der Waals surface area (Å²) in [5.74, 6) is -0.0787. The van der Waals surface area contributed by atoms with Gasteiger partial charge in [0.15, 0.2) is 0 Å². The second kappa shape index (κ2) is 5.49. The van der Waals surface area contributed by atoms with Crippen LogP contribution < -0.4 is 5.32 Å². The molecule has 2 N–H and O–H groups in total. The van der Waals surface area contributed by atoms with Crippen molar-refractivity contribution in [2.24, 2.45) is 0 Å². The molecule has 21 heavy (non-hydrogen) atoms. The van der Waals surface area contributed by atoms with Crippen LogP contribution >= 0.6 is 0 Å². The van der Waals surface area contributed by atoms with Gasteiger partial charge in [-0.1, -0.05) is 49.2 Å². The zero-order valence-electron chi connectivity index (χ0n) is 12.3. The van der Waals surface area contributed by atoms with Gasteiger partial charge in [0.1, 0.15) is 0 Å². The lowest BCUT2D eigenvalue weighted by Crippen LogP contribution is -2.53. The first-order valence-corrected chi connectivity index (χ1v) is 7.58. The first-order chi connectivity index (χ1) is 10.2. The summed E-state index contributed by atoms with van der Waals surface area (Å²) in [6.45, 7) is 0. The fourth-order valence-corrected chi connectivity index (χ4v) is 3.58. The van der Waals surface area contributed by atoms with Gasteiger partial charge in [-0.3, -0.25) is 4.79 Å². The lowest BCUT2D eigenvalue weighted by Gasteiger charge is -2.40. The number of aliphatic hydroxyl groups is 1. The number of rotatable bonds is 2. The molecule has 3 rings (SSSR count). The van der Waals surface area contributed by atoms with Crippen LogP contribution in [0.15, 0.2) is 42.5 Å². The number of benzene rings is 2. The average molecular weight is 283 g/mol. The summed E-state index contributed by atoms with van der Waals surface area (Å²) in [4.78, 5) is 12.6. The molecule has 0 aliphatic heterocycles. The summed E-state index contributed by atoms with van der Waals surface area (Å²) in [6, 6.07) is 14.2. The summed E-state index contributed by atoms with van der Waals surface area (Å²) in [5, 5.41) is 15.6. The zero-order chi connectivity index (χ0) is 14.9. The van der Waals surface area contributed by atoms with E-state index in [9.17, 15) is 9.90 Å². The summed E-state index contributed by atoms with van der Waals surface area (Å²) in [5.41, 5.74) is 0.115. The predicted octanol–water partition coefficient (Wildman–Crippen LogP) is 2.76. The Hall–Kier alpha value is -1.87. The molecule has 0 saturated heterocycles. The van der Waals surface area contributed by atoms with Crippen molar-refractivity contribution in [2.45, 2.75) is 37.2 Å². The Kier molecular flexibility index (Phi) is 3.68. The van der Waals surface area contributed by atoms with Crippen LogP contribution in [-0.2, 0) is 10.2 Å². The molecule has 1 aliphatic rings. The van der Waals surface area contributed by atoms with Crippen LogP contribution in [0.2, 0.25) is 0 Å². The Bertz CT molecular complexity index is 667. The molecule has 0 radical (unpaired) electrons. The highest BCUT2D eigenvalue weighted by Gasteiger charge is 2.47. The fourth-order valence-electron chi connectivity index (χ4n) is 3.58. The van der Waals surface area contributed by atoms with Gasteiger partial charge in [0.2, 0.25) is 5.91 Å². The lowest BCUT2D eigenvalue weighted by molar-refractivity contribution is -0.132. The van der Waals surface area contributed by atoms with Gasteiger partial charge in [0.05, 0.1) is 11.5 Å². The molecule has 0 bridgehead atoms. The SMILES string of the molecule is CNC(=O)[C@]1(c2ccc3ccccc3c2)CCCC[C@@H]1O. The zero-order valence-corrected chi connectivity index (χ0v) is 12.3. The molecule has 110 valence electrons. The van der Waals surface area contributed by atoms with E-state index in [2.05, 4.69) is 17.4 Å². The van der Waals surface area contributed by atoms with Crippen LogP contribution in [0, 0.1) is 0 Å². The minimum atomic E-state index is -0.809. The standard InChI is InChI=1S/C18H21NO2/c1-19-17(21)18(11-5-4-8-16(18)20)15-10-9-13-6-2-3-7-14(13)12-15/h2-3,6-7,9-10,12,16,20H,4-5,8,11H2,1H3,(H,19,21)/t16-,18-/m0/s1. The van der Waals surface area contributed by atoms with Gasteiger partial charge in [0, 0.05) is 7.05 Å². The molecule has 0 heterocycles. The molecule has 0 spiro atoms. The molecular formula is C18H21NO2. The third-order valence-corrected chi connectivity index (χ3v) is 4.76. The van der Waals surface area contributed by atoms with E-state index in [-0.39, 0.29) is 5.91 Å². The van der Waals surface area contributed by atoms with Crippen LogP contribution in [0.5, 0.6) is 0 Å². The minimum Gasteiger partial charge on any atom is -0.392 e. The minimum absolute atomic E-state index is 0.0787. The number of amides is 1. The van der Waals surface area contributed by atoms with Gasteiger partial charge in [-0.2, -0.15) is 0 Å². The Morgan fingerprint density at radius 1 is 1.19 bits per heavy atom. The topological polar surface area (TPSA) is 49.3 Å². The van der Waals surface area contributed by atoms with Crippen molar-refractivity contribution in [3.8, 4) is 0 Å². The Balaban J connectivity index is 2.16. The van der Waals surface area contributed by atoms with E-state index in [1.807, 2.05) is 30.3 Å². The predicted molar refractivity (Wildman–Crippen MR) is 84.2 cm³/mol. The Labute approximate surface area is 125 Å². The summed E-state index contributed by atoms with van der Waals surface area (Å²) < 4.78 is 0. The molecule has 0 aromatic heterocycles. The Morgan fingerprint density at radius 3 is 2.67 bits per heavy atom. The van der Waals surface area contributed by atoms with Gasteiger partial charge in [0.25, 0.3) is 0 Å². The highest BCUT2D eigenvalue weighted by atomic mass is 16.3. The molecule has 1 amide bonds. The van der Waals surface area contributed by atoms with Crippen molar-refractivity contribution in [3.63, 3.8) is 0 Å². The van der Waals surface area contributed by atoms with Crippen molar-refractivity contribution >= 4 is 16.7 Å². The smallest absolute Gasteiger partial charge is 0.233 e. The molecule has 1 saturated carbocycles. The molecule has 2 atom stereocenters. The number of hydrogen-bond acceptors (Lipinski definition) is 2. The first-order valence-electron chi connectivity index (χ1n) is 7.58. The number of carbonyl (C=O) groups excluding carboxylic acids is 1. The van der Waals surface area contributed by atoms with Crippen molar-refractivity contribution < 1.29 is 9.90 Å². The molecule has 3 nitrogen and oxygen atoms in total. The maximum Gasteiger partial charge on any atom is 0.233 e. The third-order valence-electron chi connectivity index (χ3n) is 4.76. The van der Waals surface area contributed by atoms with Gasteiger partial charge in [-0.05, 0) is 35.2 Å². The number of carbonyl (C=O) groups is 1. The van der Waals surface area contributed by atoms with E-state index in [4.69, 9.17) is 0 Å². The molecule has 3 heteroatoms. The van der Waals surface area contributed by atoms with Crippen LogP contribution in [0.3, 0.4) is 0 Å². The quantitative estimate of drug-likeness (QED) is 0.890. The maximum absolute atomic E-state index is 12.6. The normalized spacial score (nSPS) is 25.7. The second-order valence-corrected chi connectivity index (χ2v) is 5.87. The molecule has 1 fully saturated rings. The van der Waals surface area contributed by atoms with Crippen LogP contribution in [0.1, 0.15) is 31.2 Å². The van der Waals surface area contributed by atoms with E-state index >= 15 is 0 Å². The van der Waals surface area contributed by atoms with Crippen LogP contribution in [-0.4, -0.2) is 24.2 Å². The summed E-state index contributed by atoms with van der Waals surface area (Å²) in [6.07, 6.45) is 2.71. The van der Waals surface area contributed by atoms with Crippen molar-refractivity contribution in [2.75, 3.05) is 7.05 Å². The van der Waals surface area contributed by atoms with E-state index < -0.39 is 11.5 Å². The first kappa shape index (κ1) is 14.1. The summed E-state index contributed by atoms with van der Waals surface area (Å²) >= 11 is 0. The van der Waals surface area contributed by atoms with E-state index in [0.717, 1.165) is 29.2 Å². The highest BCUT2D eigenvalue weighted by Crippen LogP contribution is 2.40. The van der Waals surface area contributed by atoms with Crippen molar-refractivity contribution in [1.29, 1.82) is 0 Å². The van der Waals surface area contributed by atoms with Crippen molar-refractivity contribution in [1.82, 2.24) is 5.32 Å². The molecule has 0 unspecified atom stereocenters. The number of fused-ring (bicyclic) bond motifs is 1. The number of hydrogen-bond donors (Lipinski definition) is 2. The largest absolute Gasteiger partial charge is 0.392 e. The van der Waals surface area contributed by atoms with Crippen LogP contribution in [0.4, 0.5) is 0 Å². The molecular weight excluding hydrogens is 262 g/mol. The van der Waals surface area contributed by atoms with Gasteiger partial charge < -0.3 is 10.4 Å². The third kappa shape index (κ3) is 2.22. The van der Waals surface area contributed by atoms with Gasteiger partial charge in [-0.25, -0.2) is 0 Å². The fraction of sp³-hybridized carbons (Fsp3) is 0.389. The van der Waals surface area contributed by atoms with Gasteiger partial charge in [-0.15, -0.1) is 0 Å². The van der Waals surface area contributed by atoms with E-state index in [1.165, 1.54) is 0 Å². The van der Waals surface area contributed by atoms with Crippen LogP contribution in [0.25, 0.3) is 10.8 Å². The van der Waals surface area contributed by atoms with Crippen molar-refractivity contribution in [3.05, 3.63) is 48.0 Å². The number of aliphatic hydroxyl groups excluding tert-OH is 1. The van der Waals surface area contributed by atoms with E-state index in [1.54, 1.807) is 7.05 Å². The molecule has 1 aliphatic carbocycles. The number of nitrogens with one attached hydrogen (secondary N) is 1. The molecule has 2 aromatic carbocycles. The lowest BCUT2D eigenvalue weighted by atomic mass is 9.66.